The van der Waals surface area contributed by atoms with E-state index in [4.69, 9.17) is 0 Å². The Morgan fingerprint density at radius 2 is 1.96 bits per heavy atom. The molecule has 0 amide bonds. The van der Waals surface area contributed by atoms with Crippen molar-refractivity contribution in [2.45, 2.75) is 25.7 Å². The van der Waals surface area contributed by atoms with Crippen LogP contribution in [0.25, 0.3) is 10.8 Å². The Morgan fingerprint density at radius 3 is 2.83 bits per heavy atom. The fraction of sp³-hybridized carbons (Fsp3) is 0.200. The minimum Gasteiger partial charge on any atom is -0.507 e. The number of thiophene rings is 1. The molecular weight excluding hydrogens is 316 g/mol. The molecule has 3 aromatic rings. The molecule has 0 radical (unpaired) electrons. The third-order valence-electron chi connectivity index (χ3n) is 4.52. The van der Waals surface area contributed by atoms with E-state index in [0.29, 0.717) is 11.1 Å². The smallest absolute Gasteiger partial charge is 0.134 e. The van der Waals surface area contributed by atoms with E-state index in [-0.39, 0.29) is 5.75 Å². The van der Waals surface area contributed by atoms with Gasteiger partial charge in [0.05, 0.1) is 5.56 Å². The van der Waals surface area contributed by atoms with Gasteiger partial charge in [0.2, 0.25) is 0 Å². The zero-order valence-electron chi connectivity index (χ0n) is 13.1. The van der Waals surface area contributed by atoms with E-state index in [1.165, 1.54) is 16.9 Å². The highest BCUT2D eigenvalue weighted by Gasteiger charge is 2.20. The van der Waals surface area contributed by atoms with Gasteiger partial charge < -0.3 is 5.11 Å². The molecule has 0 saturated heterocycles. The molecule has 0 aliphatic heterocycles. The van der Waals surface area contributed by atoms with Crippen molar-refractivity contribution in [2.75, 3.05) is 0 Å². The van der Waals surface area contributed by atoms with Gasteiger partial charge in [-0.25, -0.2) is 4.99 Å². The number of phenols is 1. The van der Waals surface area contributed by atoms with Crippen LogP contribution >= 0.6 is 11.3 Å². The minimum absolute atomic E-state index is 0.206. The number of nitriles is 1. The summed E-state index contributed by atoms with van der Waals surface area (Å²) >= 11 is 1.61. The van der Waals surface area contributed by atoms with Gasteiger partial charge in [0.1, 0.15) is 16.8 Å². The van der Waals surface area contributed by atoms with E-state index in [1.54, 1.807) is 23.6 Å². The van der Waals surface area contributed by atoms with Gasteiger partial charge in [-0.15, -0.1) is 11.3 Å². The molecule has 0 unspecified atom stereocenters. The van der Waals surface area contributed by atoms with Crippen LogP contribution in [0.3, 0.4) is 0 Å². The molecule has 24 heavy (non-hydrogen) atoms. The Balaban J connectivity index is 1.81. The zero-order valence-corrected chi connectivity index (χ0v) is 13.9. The first-order valence-corrected chi connectivity index (χ1v) is 8.89. The van der Waals surface area contributed by atoms with Crippen LogP contribution in [0.5, 0.6) is 5.75 Å². The summed E-state index contributed by atoms with van der Waals surface area (Å²) in [6.45, 7) is 0. The summed E-state index contributed by atoms with van der Waals surface area (Å²) in [4.78, 5) is 5.87. The lowest BCUT2D eigenvalue weighted by molar-refractivity contribution is 0.475. The third-order valence-corrected chi connectivity index (χ3v) is 5.72. The number of rotatable bonds is 2. The van der Waals surface area contributed by atoms with E-state index in [1.807, 2.05) is 30.3 Å². The van der Waals surface area contributed by atoms with Gasteiger partial charge in [-0.3, -0.25) is 0 Å². The summed E-state index contributed by atoms with van der Waals surface area (Å²) < 4.78 is 0. The highest BCUT2D eigenvalue weighted by atomic mass is 32.1. The van der Waals surface area contributed by atoms with Crippen LogP contribution < -0.4 is 0 Å². The number of aryl methyl sites for hydroxylation is 1. The number of phenolic OH excluding ortho intramolecular Hbond substituents is 1. The van der Waals surface area contributed by atoms with Crippen molar-refractivity contribution in [3.8, 4) is 11.8 Å². The van der Waals surface area contributed by atoms with Crippen molar-refractivity contribution in [2.24, 2.45) is 4.99 Å². The van der Waals surface area contributed by atoms with E-state index in [2.05, 4.69) is 11.1 Å². The molecule has 4 rings (SSSR count). The lowest BCUT2D eigenvalue weighted by Gasteiger charge is -2.09. The molecule has 0 atom stereocenters. The number of benzene rings is 2. The number of fused-ring (bicyclic) bond motifs is 2. The lowest BCUT2D eigenvalue weighted by atomic mass is 9.96. The highest BCUT2D eigenvalue weighted by molar-refractivity contribution is 7.16. The van der Waals surface area contributed by atoms with Gasteiger partial charge in [-0.1, -0.05) is 30.3 Å². The molecule has 1 heterocycles. The first-order valence-electron chi connectivity index (χ1n) is 8.07. The van der Waals surface area contributed by atoms with Crippen LogP contribution in [0, 0.1) is 11.3 Å². The predicted molar refractivity (Wildman–Crippen MR) is 98.5 cm³/mol. The van der Waals surface area contributed by atoms with Crippen LogP contribution in [0.15, 0.2) is 41.4 Å². The molecule has 1 aliphatic rings. The average Bonchev–Trinajstić information content (AvgIpc) is 2.98. The molecule has 0 fully saturated rings. The van der Waals surface area contributed by atoms with Crippen LogP contribution in [0.1, 0.15) is 34.4 Å². The largest absolute Gasteiger partial charge is 0.507 e. The fourth-order valence-corrected chi connectivity index (χ4v) is 4.48. The summed E-state index contributed by atoms with van der Waals surface area (Å²) in [5, 5.41) is 22.5. The van der Waals surface area contributed by atoms with Gasteiger partial charge in [-0.05, 0) is 48.1 Å². The summed E-state index contributed by atoms with van der Waals surface area (Å²) in [5.74, 6) is 0.206. The normalized spacial score (nSPS) is 14.0. The molecular formula is C20H16N2OS. The maximum Gasteiger partial charge on any atom is 0.134 e. The monoisotopic (exact) mass is 332 g/mol. The number of nitrogens with zero attached hydrogens (tertiary/aromatic N) is 2. The van der Waals surface area contributed by atoms with Gasteiger partial charge in [0.25, 0.3) is 0 Å². The Bertz CT molecular complexity index is 995. The van der Waals surface area contributed by atoms with E-state index >= 15 is 0 Å². The van der Waals surface area contributed by atoms with E-state index in [9.17, 15) is 10.4 Å². The summed E-state index contributed by atoms with van der Waals surface area (Å²) in [6, 6.07) is 13.8. The first-order chi connectivity index (χ1) is 11.8. The van der Waals surface area contributed by atoms with Crippen LogP contribution in [-0.2, 0) is 12.8 Å². The SMILES string of the molecule is N#Cc1c(N=Cc2c(O)ccc3ccccc23)sc2c1CCCC2. The van der Waals surface area contributed by atoms with Crippen LogP contribution in [0.2, 0.25) is 0 Å². The summed E-state index contributed by atoms with van der Waals surface area (Å²) in [5.41, 5.74) is 2.59. The van der Waals surface area contributed by atoms with Crippen LogP contribution in [0.4, 0.5) is 5.00 Å². The molecule has 4 heteroatoms. The van der Waals surface area contributed by atoms with Gasteiger partial charge in [0, 0.05) is 16.7 Å². The van der Waals surface area contributed by atoms with Crippen LogP contribution in [-0.4, -0.2) is 11.3 Å². The molecule has 0 bridgehead atoms. The third kappa shape index (κ3) is 2.47. The Hall–Kier alpha value is -2.64. The fourth-order valence-electron chi connectivity index (χ4n) is 3.30. The standard InChI is InChI=1S/C20H16N2OS/c21-11-16-15-7-3-4-8-19(15)24-20(16)22-12-17-14-6-2-1-5-13(14)9-10-18(17)23/h1-2,5-6,9-10,12,23H,3-4,7-8H2. The van der Waals surface area contributed by atoms with Crippen molar-refractivity contribution < 1.29 is 5.11 Å². The molecule has 2 aromatic carbocycles. The summed E-state index contributed by atoms with van der Waals surface area (Å²) in [7, 11) is 0. The number of hydrogen-bond donors (Lipinski definition) is 1. The van der Waals surface area contributed by atoms with Crippen molar-refractivity contribution in [3.05, 3.63) is 58.0 Å². The number of hydrogen-bond acceptors (Lipinski definition) is 4. The van der Waals surface area contributed by atoms with Crippen molar-refractivity contribution in [1.82, 2.24) is 0 Å². The van der Waals surface area contributed by atoms with E-state index < -0.39 is 0 Å². The minimum atomic E-state index is 0.206. The highest BCUT2D eigenvalue weighted by Crippen LogP contribution is 2.39. The second kappa shape index (κ2) is 6.10. The summed E-state index contributed by atoms with van der Waals surface area (Å²) in [6.07, 6.45) is 6.04. The Morgan fingerprint density at radius 1 is 1.12 bits per heavy atom. The van der Waals surface area contributed by atoms with Gasteiger partial charge in [0.15, 0.2) is 0 Å². The van der Waals surface area contributed by atoms with Gasteiger partial charge in [-0.2, -0.15) is 5.26 Å². The second-order valence-corrected chi connectivity index (χ2v) is 7.06. The second-order valence-electron chi connectivity index (χ2n) is 5.98. The zero-order chi connectivity index (χ0) is 16.5. The molecule has 1 N–H and O–H groups in total. The van der Waals surface area contributed by atoms with Gasteiger partial charge >= 0.3 is 0 Å². The number of aromatic hydroxyl groups is 1. The Kier molecular flexibility index (Phi) is 3.79. The van der Waals surface area contributed by atoms with Crippen molar-refractivity contribution >= 4 is 33.3 Å². The molecule has 3 nitrogen and oxygen atoms in total. The van der Waals surface area contributed by atoms with E-state index in [0.717, 1.165) is 35.0 Å². The predicted octanol–water partition coefficient (Wildman–Crippen LogP) is 5.11. The van der Waals surface area contributed by atoms with Crippen molar-refractivity contribution in [3.63, 3.8) is 0 Å². The van der Waals surface area contributed by atoms with Crippen molar-refractivity contribution in [1.29, 1.82) is 5.26 Å². The maximum absolute atomic E-state index is 10.2. The Labute approximate surface area is 144 Å². The quantitative estimate of drug-likeness (QED) is 0.663. The number of aliphatic imine (C=N–C) groups is 1. The first kappa shape index (κ1) is 14.9. The molecule has 118 valence electrons. The molecule has 1 aliphatic carbocycles. The maximum atomic E-state index is 10.2. The molecule has 1 aromatic heterocycles. The lowest BCUT2D eigenvalue weighted by Crippen LogP contribution is -1.99. The average molecular weight is 332 g/mol. The molecule has 0 spiro atoms. The molecule has 0 saturated carbocycles. The topological polar surface area (TPSA) is 56.4 Å².